The lowest BCUT2D eigenvalue weighted by atomic mass is 10.4. The summed E-state index contributed by atoms with van der Waals surface area (Å²) >= 11 is 1.38. The number of aromatic nitrogens is 1. The summed E-state index contributed by atoms with van der Waals surface area (Å²) in [5.74, 6) is 0.316. The summed E-state index contributed by atoms with van der Waals surface area (Å²) in [5.41, 5.74) is 0.368. The summed E-state index contributed by atoms with van der Waals surface area (Å²) < 4.78 is 0. The summed E-state index contributed by atoms with van der Waals surface area (Å²) in [4.78, 5) is 15.6. The standard InChI is InChI=1S/C9H9N3OS/c1-11-9(13)6-14-8-2-3-12-7(4-8)5-10/h2-4H,6H2,1H3,(H,11,13). The molecule has 1 heterocycles. The second-order valence-electron chi connectivity index (χ2n) is 2.45. The molecule has 0 fully saturated rings. The van der Waals surface area contributed by atoms with E-state index in [0.29, 0.717) is 11.4 Å². The molecule has 0 aliphatic rings. The number of hydrogen-bond acceptors (Lipinski definition) is 4. The van der Waals surface area contributed by atoms with Crippen LogP contribution in [0, 0.1) is 11.3 Å². The Balaban J connectivity index is 2.60. The molecule has 0 aromatic carbocycles. The number of nitriles is 1. The zero-order chi connectivity index (χ0) is 10.4. The number of carbonyl (C=O) groups is 1. The second kappa shape index (κ2) is 5.25. The Bertz CT molecular complexity index is 373. The molecule has 0 aliphatic carbocycles. The van der Waals surface area contributed by atoms with Crippen LogP contribution in [0.2, 0.25) is 0 Å². The Kier molecular flexibility index (Phi) is 3.95. The first kappa shape index (κ1) is 10.5. The van der Waals surface area contributed by atoms with E-state index in [4.69, 9.17) is 5.26 Å². The van der Waals surface area contributed by atoms with Crippen LogP contribution in [0.3, 0.4) is 0 Å². The Hall–Kier alpha value is -1.54. The molecule has 1 aromatic rings. The fourth-order valence-corrected chi connectivity index (χ4v) is 1.58. The Morgan fingerprint density at radius 2 is 2.57 bits per heavy atom. The van der Waals surface area contributed by atoms with Gasteiger partial charge in [-0.15, -0.1) is 11.8 Å². The van der Waals surface area contributed by atoms with E-state index in [0.717, 1.165) is 4.90 Å². The van der Waals surface area contributed by atoms with Gasteiger partial charge in [0.25, 0.3) is 0 Å². The lowest BCUT2D eigenvalue weighted by Crippen LogP contribution is -2.19. The van der Waals surface area contributed by atoms with Crippen LogP contribution in [0.1, 0.15) is 5.69 Å². The topological polar surface area (TPSA) is 65.8 Å². The van der Waals surface area contributed by atoms with Gasteiger partial charge in [0.05, 0.1) is 5.75 Å². The lowest BCUT2D eigenvalue weighted by Gasteiger charge is -2.00. The predicted octanol–water partition coefficient (Wildman–Crippen LogP) is 0.791. The van der Waals surface area contributed by atoms with Crippen LogP contribution in [-0.2, 0) is 4.79 Å². The fourth-order valence-electron chi connectivity index (χ4n) is 0.783. The molecule has 5 heteroatoms. The summed E-state index contributed by atoms with van der Waals surface area (Å²) in [6.45, 7) is 0. The molecule has 1 amide bonds. The fraction of sp³-hybridized carbons (Fsp3) is 0.222. The highest BCUT2D eigenvalue weighted by Gasteiger charge is 2.01. The van der Waals surface area contributed by atoms with E-state index in [1.165, 1.54) is 11.8 Å². The molecular weight excluding hydrogens is 198 g/mol. The molecule has 0 saturated heterocycles. The molecule has 0 radical (unpaired) electrons. The first-order chi connectivity index (χ1) is 6.76. The molecule has 4 nitrogen and oxygen atoms in total. The Morgan fingerprint density at radius 3 is 3.21 bits per heavy atom. The van der Waals surface area contributed by atoms with Crippen LogP contribution in [0.5, 0.6) is 0 Å². The number of nitrogens with one attached hydrogen (secondary N) is 1. The lowest BCUT2D eigenvalue weighted by molar-refractivity contribution is -0.118. The van der Waals surface area contributed by atoms with Gasteiger partial charge in [0.2, 0.25) is 5.91 Å². The third kappa shape index (κ3) is 3.07. The minimum absolute atomic E-state index is 0.0367. The van der Waals surface area contributed by atoms with E-state index < -0.39 is 0 Å². The van der Waals surface area contributed by atoms with Crippen LogP contribution >= 0.6 is 11.8 Å². The number of pyridine rings is 1. The first-order valence-electron chi connectivity index (χ1n) is 3.96. The van der Waals surface area contributed by atoms with Gasteiger partial charge >= 0.3 is 0 Å². The van der Waals surface area contributed by atoms with E-state index in [9.17, 15) is 4.79 Å². The predicted molar refractivity (Wildman–Crippen MR) is 53.7 cm³/mol. The number of amides is 1. The average molecular weight is 207 g/mol. The van der Waals surface area contributed by atoms with Crippen LogP contribution in [0.4, 0.5) is 0 Å². The highest BCUT2D eigenvalue weighted by atomic mass is 32.2. The van der Waals surface area contributed by atoms with Crippen LogP contribution in [0.25, 0.3) is 0 Å². The Labute approximate surface area is 86.3 Å². The van der Waals surface area contributed by atoms with Crippen molar-refractivity contribution in [2.75, 3.05) is 12.8 Å². The SMILES string of the molecule is CNC(=O)CSc1ccnc(C#N)c1. The van der Waals surface area contributed by atoms with Crippen molar-refractivity contribution in [2.45, 2.75) is 4.90 Å². The molecule has 0 bridgehead atoms. The molecular formula is C9H9N3OS. The van der Waals surface area contributed by atoms with Crippen molar-refractivity contribution < 1.29 is 4.79 Å². The summed E-state index contributed by atoms with van der Waals surface area (Å²) in [5, 5.41) is 11.1. The highest BCUT2D eigenvalue weighted by Crippen LogP contribution is 2.16. The quantitative estimate of drug-likeness (QED) is 0.744. The molecule has 1 N–H and O–H groups in total. The van der Waals surface area contributed by atoms with Gasteiger partial charge in [-0.3, -0.25) is 4.79 Å². The van der Waals surface area contributed by atoms with Crippen molar-refractivity contribution in [3.8, 4) is 6.07 Å². The second-order valence-corrected chi connectivity index (χ2v) is 3.50. The van der Waals surface area contributed by atoms with Crippen LogP contribution < -0.4 is 5.32 Å². The monoisotopic (exact) mass is 207 g/mol. The number of thioether (sulfide) groups is 1. The molecule has 0 atom stereocenters. The molecule has 14 heavy (non-hydrogen) atoms. The van der Waals surface area contributed by atoms with E-state index in [1.807, 2.05) is 6.07 Å². The maximum atomic E-state index is 10.9. The molecule has 72 valence electrons. The average Bonchev–Trinajstić information content (AvgIpc) is 2.26. The van der Waals surface area contributed by atoms with E-state index in [1.54, 1.807) is 25.4 Å². The molecule has 0 unspecified atom stereocenters. The first-order valence-corrected chi connectivity index (χ1v) is 4.94. The molecule has 0 saturated carbocycles. The van der Waals surface area contributed by atoms with E-state index in [2.05, 4.69) is 10.3 Å². The Morgan fingerprint density at radius 1 is 1.79 bits per heavy atom. The zero-order valence-electron chi connectivity index (χ0n) is 7.65. The van der Waals surface area contributed by atoms with Crippen molar-refractivity contribution in [1.82, 2.24) is 10.3 Å². The normalized spacial score (nSPS) is 9.14. The van der Waals surface area contributed by atoms with Gasteiger partial charge in [-0.25, -0.2) is 4.98 Å². The largest absolute Gasteiger partial charge is 0.358 e. The van der Waals surface area contributed by atoms with Gasteiger partial charge in [0.1, 0.15) is 11.8 Å². The summed E-state index contributed by atoms with van der Waals surface area (Å²) in [6.07, 6.45) is 1.56. The van der Waals surface area contributed by atoms with Crippen LogP contribution in [0.15, 0.2) is 23.2 Å². The van der Waals surface area contributed by atoms with Crippen molar-refractivity contribution in [2.24, 2.45) is 0 Å². The van der Waals surface area contributed by atoms with Crippen molar-refractivity contribution in [3.05, 3.63) is 24.0 Å². The zero-order valence-corrected chi connectivity index (χ0v) is 8.47. The molecule has 0 spiro atoms. The third-order valence-corrected chi connectivity index (χ3v) is 2.49. The van der Waals surface area contributed by atoms with Crippen LogP contribution in [-0.4, -0.2) is 23.7 Å². The van der Waals surface area contributed by atoms with E-state index >= 15 is 0 Å². The smallest absolute Gasteiger partial charge is 0.230 e. The van der Waals surface area contributed by atoms with Gasteiger partial charge in [-0.1, -0.05) is 0 Å². The van der Waals surface area contributed by atoms with Crippen molar-refractivity contribution in [3.63, 3.8) is 0 Å². The van der Waals surface area contributed by atoms with Gasteiger partial charge in [0, 0.05) is 18.1 Å². The number of rotatable bonds is 3. The summed E-state index contributed by atoms with van der Waals surface area (Å²) in [7, 11) is 1.59. The number of hydrogen-bond donors (Lipinski definition) is 1. The number of carbonyl (C=O) groups excluding carboxylic acids is 1. The minimum Gasteiger partial charge on any atom is -0.358 e. The van der Waals surface area contributed by atoms with Gasteiger partial charge in [0.15, 0.2) is 0 Å². The number of nitrogens with zero attached hydrogens (tertiary/aromatic N) is 2. The molecule has 0 aliphatic heterocycles. The third-order valence-electron chi connectivity index (χ3n) is 1.49. The highest BCUT2D eigenvalue weighted by molar-refractivity contribution is 8.00. The van der Waals surface area contributed by atoms with Gasteiger partial charge in [-0.05, 0) is 12.1 Å². The minimum atomic E-state index is -0.0367. The maximum Gasteiger partial charge on any atom is 0.230 e. The molecule has 1 aromatic heterocycles. The molecule has 1 rings (SSSR count). The van der Waals surface area contributed by atoms with Gasteiger partial charge < -0.3 is 5.32 Å². The van der Waals surface area contributed by atoms with E-state index in [-0.39, 0.29) is 5.91 Å². The van der Waals surface area contributed by atoms with Gasteiger partial charge in [-0.2, -0.15) is 5.26 Å². The maximum absolute atomic E-state index is 10.9. The van der Waals surface area contributed by atoms with Crippen molar-refractivity contribution >= 4 is 17.7 Å². The van der Waals surface area contributed by atoms with Crippen molar-refractivity contribution in [1.29, 1.82) is 5.26 Å². The summed E-state index contributed by atoms with van der Waals surface area (Å²) in [6, 6.07) is 5.38.